The van der Waals surface area contributed by atoms with E-state index in [1.54, 1.807) is 0 Å². The number of hydrogen-bond acceptors (Lipinski definition) is 3. The molecule has 1 atom stereocenters. The first kappa shape index (κ1) is 23.0. The van der Waals surface area contributed by atoms with Crippen molar-refractivity contribution in [1.82, 2.24) is 9.80 Å². The van der Waals surface area contributed by atoms with Crippen molar-refractivity contribution in [3.63, 3.8) is 0 Å². The summed E-state index contributed by atoms with van der Waals surface area (Å²) < 4.78 is 6.07. The highest BCUT2D eigenvalue weighted by Gasteiger charge is 2.33. The molecule has 172 valence electrons. The normalized spacial score (nSPS) is 20.1. The maximum atomic E-state index is 12.8. The monoisotopic (exact) mass is 434 g/mol. The smallest absolute Gasteiger partial charge is 0.222 e. The van der Waals surface area contributed by atoms with E-state index >= 15 is 0 Å². The molecule has 0 aromatic heterocycles. The van der Waals surface area contributed by atoms with Gasteiger partial charge < -0.3 is 9.64 Å². The van der Waals surface area contributed by atoms with Crippen molar-refractivity contribution < 1.29 is 9.53 Å². The van der Waals surface area contributed by atoms with Gasteiger partial charge in [0.2, 0.25) is 5.91 Å². The maximum Gasteiger partial charge on any atom is 0.222 e. The molecule has 1 amide bonds. The Bertz CT molecular complexity index is 874. The number of benzene rings is 2. The van der Waals surface area contributed by atoms with Crippen LogP contribution in [0.25, 0.3) is 0 Å². The minimum absolute atomic E-state index is 0.311. The van der Waals surface area contributed by atoms with E-state index in [4.69, 9.17) is 4.74 Å². The molecule has 4 rings (SSSR count). The fourth-order valence-corrected chi connectivity index (χ4v) is 5.22. The predicted molar refractivity (Wildman–Crippen MR) is 130 cm³/mol. The molecular formula is C28H38N2O2. The zero-order chi connectivity index (χ0) is 22.3. The third-order valence-corrected chi connectivity index (χ3v) is 7.33. The van der Waals surface area contributed by atoms with Crippen LogP contribution in [-0.2, 0) is 22.6 Å². The summed E-state index contributed by atoms with van der Waals surface area (Å²) in [5, 5.41) is 0. The number of likely N-dealkylation sites (tertiary alicyclic amines) is 2. The first-order chi connectivity index (χ1) is 15.6. The standard InChI is InChI=1S/C28H38N2O2/c1-22-10-11-24(19-23(22)2)12-13-28(31)29-17-14-26(15-18-29)30-16-6-9-27(30)21-32-20-25-7-4-3-5-8-25/h3-5,7-8,10-11,19,26-27H,6,9,12-18,20-21H2,1-2H3/t27-/m1/s1. The average molecular weight is 435 g/mol. The maximum absolute atomic E-state index is 12.8. The van der Waals surface area contributed by atoms with Gasteiger partial charge in [0.15, 0.2) is 0 Å². The molecule has 2 saturated heterocycles. The van der Waals surface area contributed by atoms with Crippen LogP contribution in [-0.4, -0.2) is 54.0 Å². The van der Waals surface area contributed by atoms with Gasteiger partial charge in [-0.05, 0) is 74.8 Å². The van der Waals surface area contributed by atoms with E-state index in [9.17, 15) is 4.79 Å². The van der Waals surface area contributed by atoms with Crippen molar-refractivity contribution in [3.8, 4) is 0 Å². The molecule has 2 fully saturated rings. The zero-order valence-electron chi connectivity index (χ0n) is 19.8. The van der Waals surface area contributed by atoms with Gasteiger partial charge in [0.25, 0.3) is 0 Å². The van der Waals surface area contributed by atoms with E-state index in [2.05, 4.69) is 66.1 Å². The average Bonchev–Trinajstić information content (AvgIpc) is 3.29. The number of rotatable bonds is 8. The van der Waals surface area contributed by atoms with Gasteiger partial charge in [-0.25, -0.2) is 0 Å². The van der Waals surface area contributed by atoms with Crippen LogP contribution in [0.5, 0.6) is 0 Å². The molecule has 2 aromatic rings. The number of aryl methyl sites for hydroxylation is 3. The molecule has 2 aliphatic rings. The summed E-state index contributed by atoms with van der Waals surface area (Å²) in [5.41, 5.74) is 5.13. The van der Waals surface area contributed by atoms with Crippen LogP contribution in [0.2, 0.25) is 0 Å². The highest BCUT2D eigenvalue weighted by atomic mass is 16.5. The van der Waals surface area contributed by atoms with Crippen molar-refractivity contribution in [2.45, 2.75) is 71.1 Å². The molecule has 32 heavy (non-hydrogen) atoms. The highest BCUT2D eigenvalue weighted by molar-refractivity contribution is 5.76. The predicted octanol–water partition coefficient (Wildman–Crippen LogP) is 4.91. The van der Waals surface area contributed by atoms with E-state index in [0.717, 1.165) is 39.0 Å². The molecule has 0 saturated carbocycles. The molecule has 0 spiro atoms. The zero-order valence-corrected chi connectivity index (χ0v) is 19.8. The Morgan fingerprint density at radius 2 is 1.72 bits per heavy atom. The van der Waals surface area contributed by atoms with Gasteiger partial charge in [-0.1, -0.05) is 48.5 Å². The van der Waals surface area contributed by atoms with Crippen molar-refractivity contribution in [2.24, 2.45) is 0 Å². The van der Waals surface area contributed by atoms with Gasteiger partial charge in [-0.2, -0.15) is 0 Å². The van der Waals surface area contributed by atoms with Crippen LogP contribution < -0.4 is 0 Å². The highest BCUT2D eigenvalue weighted by Crippen LogP contribution is 2.27. The Kier molecular flexibility index (Phi) is 7.99. The van der Waals surface area contributed by atoms with E-state index in [1.165, 1.54) is 41.6 Å². The molecule has 4 nitrogen and oxygen atoms in total. The summed E-state index contributed by atoms with van der Waals surface area (Å²) in [6.07, 6.45) is 6.12. The molecule has 2 heterocycles. The largest absolute Gasteiger partial charge is 0.375 e. The van der Waals surface area contributed by atoms with Gasteiger partial charge in [-0.15, -0.1) is 0 Å². The summed E-state index contributed by atoms with van der Waals surface area (Å²) in [7, 11) is 0. The molecular weight excluding hydrogens is 396 g/mol. The number of amides is 1. The minimum Gasteiger partial charge on any atom is -0.375 e. The summed E-state index contributed by atoms with van der Waals surface area (Å²) in [4.78, 5) is 17.5. The van der Waals surface area contributed by atoms with Crippen molar-refractivity contribution in [3.05, 3.63) is 70.8 Å². The fraction of sp³-hybridized carbons (Fsp3) is 0.536. The van der Waals surface area contributed by atoms with Gasteiger partial charge in [0, 0.05) is 31.6 Å². The Hall–Kier alpha value is -2.17. The summed E-state index contributed by atoms with van der Waals surface area (Å²) in [5.74, 6) is 0.311. The second-order valence-electron chi connectivity index (χ2n) is 9.57. The van der Waals surface area contributed by atoms with E-state index in [1.807, 2.05) is 6.07 Å². The Balaban J connectivity index is 1.20. The van der Waals surface area contributed by atoms with Crippen molar-refractivity contribution in [2.75, 3.05) is 26.2 Å². The number of carbonyl (C=O) groups excluding carboxylic acids is 1. The SMILES string of the molecule is Cc1ccc(CCC(=O)N2CCC(N3CCC[C@@H]3COCc3ccccc3)CC2)cc1C. The summed E-state index contributed by atoms with van der Waals surface area (Å²) >= 11 is 0. The summed E-state index contributed by atoms with van der Waals surface area (Å²) in [6, 6.07) is 18.1. The van der Waals surface area contributed by atoms with Gasteiger partial charge >= 0.3 is 0 Å². The molecule has 4 heteroatoms. The number of ether oxygens (including phenoxy) is 1. The van der Waals surface area contributed by atoms with E-state index < -0.39 is 0 Å². The lowest BCUT2D eigenvalue weighted by molar-refractivity contribution is -0.132. The lowest BCUT2D eigenvalue weighted by Crippen LogP contribution is -2.49. The van der Waals surface area contributed by atoms with Crippen LogP contribution in [0.15, 0.2) is 48.5 Å². The lowest BCUT2D eigenvalue weighted by atomic mass is 10.0. The van der Waals surface area contributed by atoms with E-state index in [-0.39, 0.29) is 0 Å². The number of piperidine rings is 1. The first-order valence-corrected chi connectivity index (χ1v) is 12.3. The van der Waals surface area contributed by atoms with Crippen LogP contribution in [0.1, 0.15) is 54.4 Å². The minimum atomic E-state index is 0.311. The Labute approximate surface area is 193 Å². The topological polar surface area (TPSA) is 32.8 Å². The number of carbonyl (C=O) groups is 1. The van der Waals surface area contributed by atoms with Crippen molar-refractivity contribution in [1.29, 1.82) is 0 Å². The second kappa shape index (κ2) is 11.1. The molecule has 0 radical (unpaired) electrons. The second-order valence-corrected chi connectivity index (χ2v) is 9.57. The molecule has 0 bridgehead atoms. The molecule has 2 aromatic carbocycles. The van der Waals surface area contributed by atoms with Gasteiger partial charge in [0.1, 0.15) is 0 Å². The quantitative estimate of drug-likeness (QED) is 0.592. The third-order valence-electron chi connectivity index (χ3n) is 7.33. The number of nitrogens with zero attached hydrogens (tertiary/aromatic N) is 2. The van der Waals surface area contributed by atoms with Gasteiger partial charge in [-0.3, -0.25) is 9.69 Å². The fourth-order valence-electron chi connectivity index (χ4n) is 5.22. The van der Waals surface area contributed by atoms with Crippen LogP contribution >= 0.6 is 0 Å². The van der Waals surface area contributed by atoms with Crippen LogP contribution in [0, 0.1) is 13.8 Å². The third kappa shape index (κ3) is 5.99. The molecule has 2 aliphatic heterocycles. The molecule has 0 unspecified atom stereocenters. The Morgan fingerprint density at radius 1 is 0.938 bits per heavy atom. The first-order valence-electron chi connectivity index (χ1n) is 12.3. The number of hydrogen-bond donors (Lipinski definition) is 0. The lowest BCUT2D eigenvalue weighted by Gasteiger charge is -2.39. The molecule has 0 aliphatic carbocycles. The Morgan fingerprint density at radius 3 is 2.47 bits per heavy atom. The van der Waals surface area contributed by atoms with E-state index in [0.29, 0.717) is 31.0 Å². The van der Waals surface area contributed by atoms with Crippen molar-refractivity contribution >= 4 is 5.91 Å². The van der Waals surface area contributed by atoms with Gasteiger partial charge in [0.05, 0.1) is 13.2 Å². The van der Waals surface area contributed by atoms with Crippen LogP contribution in [0.4, 0.5) is 0 Å². The summed E-state index contributed by atoms with van der Waals surface area (Å²) in [6.45, 7) is 8.74. The molecule has 0 N–H and O–H groups in total. The van der Waals surface area contributed by atoms with Crippen LogP contribution in [0.3, 0.4) is 0 Å².